The van der Waals surface area contributed by atoms with Crippen molar-refractivity contribution in [3.8, 4) is 0 Å². The molecule has 1 aromatic carbocycles. The first-order valence-electron chi connectivity index (χ1n) is 6.15. The third-order valence-electron chi connectivity index (χ3n) is 3.79. The van der Waals surface area contributed by atoms with Crippen molar-refractivity contribution in [2.75, 3.05) is 0 Å². The highest BCUT2D eigenvalue weighted by atomic mass is 79.9. The Morgan fingerprint density at radius 1 is 1.41 bits per heavy atom. The number of fused-ring (bicyclic) bond motifs is 2. The van der Waals surface area contributed by atoms with E-state index in [-0.39, 0.29) is 12.0 Å². The highest BCUT2D eigenvalue weighted by molar-refractivity contribution is 9.10. The first kappa shape index (κ1) is 11.4. The minimum absolute atomic E-state index is 0.146. The van der Waals surface area contributed by atoms with Crippen LogP contribution in [0.3, 0.4) is 0 Å². The van der Waals surface area contributed by atoms with Crippen LogP contribution in [0.25, 0.3) is 0 Å². The predicted molar refractivity (Wildman–Crippen MR) is 68.9 cm³/mol. The summed E-state index contributed by atoms with van der Waals surface area (Å²) in [6.07, 6.45) is 4.26. The lowest BCUT2D eigenvalue weighted by atomic mass is 9.84. The number of Topliss-reactive ketones (excluding diaryl/α,β-unsaturated/α-hetero) is 1. The van der Waals surface area contributed by atoms with Crippen LogP contribution in [0.2, 0.25) is 0 Å². The number of ether oxygens (including phenoxy) is 1. The number of halogens is 1. The molecule has 17 heavy (non-hydrogen) atoms. The minimum Gasteiger partial charge on any atom is -0.374 e. The summed E-state index contributed by atoms with van der Waals surface area (Å²) in [5.74, 6) is 0.489. The van der Waals surface area contributed by atoms with Crippen LogP contribution in [0, 0.1) is 5.92 Å². The van der Waals surface area contributed by atoms with E-state index in [9.17, 15) is 4.79 Å². The molecule has 3 rings (SSSR count). The van der Waals surface area contributed by atoms with Crippen molar-refractivity contribution in [1.82, 2.24) is 0 Å². The zero-order valence-electron chi connectivity index (χ0n) is 9.56. The molecule has 0 aromatic heterocycles. The van der Waals surface area contributed by atoms with Crippen molar-refractivity contribution in [2.24, 2.45) is 5.92 Å². The summed E-state index contributed by atoms with van der Waals surface area (Å²) in [5.41, 5.74) is 1.09. The molecule has 0 saturated carbocycles. The molecule has 2 aliphatic heterocycles. The van der Waals surface area contributed by atoms with Crippen molar-refractivity contribution in [1.29, 1.82) is 0 Å². The Morgan fingerprint density at radius 3 is 2.94 bits per heavy atom. The lowest BCUT2D eigenvalue weighted by molar-refractivity contribution is -0.123. The fourth-order valence-corrected chi connectivity index (χ4v) is 3.40. The number of benzene rings is 1. The molecule has 3 unspecified atom stereocenters. The molecule has 3 heteroatoms. The molecule has 0 N–H and O–H groups in total. The normalized spacial score (nSPS) is 30.8. The summed E-state index contributed by atoms with van der Waals surface area (Å²) in [6, 6.07) is 7.99. The van der Waals surface area contributed by atoms with Gasteiger partial charge in [-0.2, -0.15) is 0 Å². The summed E-state index contributed by atoms with van der Waals surface area (Å²) in [5, 5.41) is 0. The Hall–Kier alpha value is -0.670. The molecule has 2 nitrogen and oxygen atoms in total. The molecule has 2 fully saturated rings. The molecule has 90 valence electrons. The van der Waals surface area contributed by atoms with E-state index in [1.54, 1.807) is 0 Å². The van der Waals surface area contributed by atoms with Gasteiger partial charge in [0.05, 0.1) is 12.2 Å². The molecular weight excluding hydrogens is 280 g/mol. The van der Waals surface area contributed by atoms with Gasteiger partial charge in [-0.05, 0) is 37.0 Å². The molecule has 0 radical (unpaired) electrons. The van der Waals surface area contributed by atoms with Gasteiger partial charge in [0.25, 0.3) is 0 Å². The highest BCUT2D eigenvalue weighted by Crippen LogP contribution is 2.39. The zero-order valence-corrected chi connectivity index (χ0v) is 11.2. The van der Waals surface area contributed by atoms with E-state index < -0.39 is 0 Å². The van der Waals surface area contributed by atoms with E-state index in [1.807, 2.05) is 24.3 Å². The van der Waals surface area contributed by atoms with Crippen LogP contribution < -0.4 is 0 Å². The maximum Gasteiger partial charge on any atom is 0.143 e. The summed E-state index contributed by atoms with van der Waals surface area (Å²) in [7, 11) is 0. The van der Waals surface area contributed by atoms with Gasteiger partial charge in [0.1, 0.15) is 5.78 Å². The maximum absolute atomic E-state index is 12.2. The Balaban J connectivity index is 1.68. The van der Waals surface area contributed by atoms with Gasteiger partial charge < -0.3 is 4.74 Å². The predicted octanol–water partition coefficient (Wildman–Crippen LogP) is 3.13. The lowest BCUT2D eigenvalue weighted by Crippen LogP contribution is -2.26. The molecule has 0 amide bonds. The molecule has 2 heterocycles. The van der Waals surface area contributed by atoms with Crippen LogP contribution in [-0.4, -0.2) is 18.0 Å². The first-order chi connectivity index (χ1) is 8.22. The average Bonchev–Trinajstić information content (AvgIpc) is 2.90. The highest BCUT2D eigenvalue weighted by Gasteiger charge is 2.43. The van der Waals surface area contributed by atoms with Gasteiger partial charge in [-0.25, -0.2) is 0 Å². The minimum atomic E-state index is 0.146. The molecule has 1 aromatic rings. The van der Waals surface area contributed by atoms with Crippen molar-refractivity contribution in [3.05, 3.63) is 34.3 Å². The van der Waals surface area contributed by atoms with Crippen LogP contribution in [0.4, 0.5) is 0 Å². The Morgan fingerprint density at radius 2 is 2.29 bits per heavy atom. The second kappa shape index (κ2) is 4.54. The monoisotopic (exact) mass is 294 g/mol. The van der Waals surface area contributed by atoms with Crippen LogP contribution in [0.5, 0.6) is 0 Å². The van der Waals surface area contributed by atoms with Crippen molar-refractivity contribution in [2.45, 2.75) is 37.9 Å². The number of rotatable bonds is 3. The Kier molecular flexibility index (Phi) is 3.05. The molecule has 2 saturated heterocycles. The molecule has 0 aliphatic carbocycles. The Bertz CT molecular complexity index is 444. The van der Waals surface area contributed by atoms with Gasteiger partial charge in [-0.1, -0.05) is 28.1 Å². The molecular formula is C14H15BrO2. The fourth-order valence-electron chi connectivity index (χ4n) is 2.96. The molecule has 0 spiro atoms. The second-order valence-electron chi connectivity index (χ2n) is 4.99. The molecule has 2 bridgehead atoms. The zero-order chi connectivity index (χ0) is 11.8. The van der Waals surface area contributed by atoms with Crippen LogP contribution >= 0.6 is 15.9 Å². The molecule has 3 atom stereocenters. The fraction of sp³-hybridized carbons (Fsp3) is 0.500. The topological polar surface area (TPSA) is 26.3 Å². The number of hydrogen-bond donors (Lipinski definition) is 0. The van der Waals surface area contributed by atoms with Gasteiger partial charge in [-0.15, -0.1) is 0 Å². The van der Waals surface area contributed by atoms with Crippen LogP contribution in [0.15, 0.2) is 28.7 Å². The van der Waals surface area contributed by atoms with Gasteiger partial charge in [0.2, 0.25) is 0 Å². The average molecular weight is 295 g/mol. The first-order valence-corrected chi connectivity index (χ1v) is 6.94. The standard InChI is InChI=1S/C14H15BrO2/c15-10-3-1-2-9(6-10)7-13(16)12-8-11-4-5-14(12)17-11/h1-3,6,11-12,14H,4-5,7-8H2. The van der Waals surface area contributed by atoms with E-state index in [0.717, 1.165) is 29.3 Å². The van der Waals surface area contributed by atoms with Gasteiger partial charge >= 0.3 is 0 Å². The third-order valence-corrected chi connectivity index (χ3v) is 4.28. The third kappa shape index (κ3) is 2.31. The van der Waals surface area contributed by atoms with E-state index in [0.29, 0.717) is 18.3 Å². The van der Waals surface area contributed by atoms with Gasteiger partial charge in [0.15, 0.2) is 0 Å². The van der Waals surface area contributed by atoms with Crippen molar-refractivity contribution < 1.29 is 9.53 Å². The van der Waals surface area contributed by atoms with E-state index >= 15 is 0 Å². The number of hydrogen-bond acceptors (Lipinski definition) is 2. The van der Waals surface area contributed by atoms with E-state index in [4.69, 9.17) is 4.74 Å². The van der Waals surface area contributed by atoms with Gasteiger partial charge in [-0.3, -0.25) is 4.79 Å². The summed E-state index contributed by atoms with van der Waals surface area (Å²) in [6.45, 7) is 0. The summed E-state index contributed by atoms with van der Waals surface area (Å²) < 4.78 is 6.77. The lowest BCUT2D eigenvalue weighted by Gasteiger charge is -2.17. The number of carbonyl (C=O) groups is 1. The molecule has 2 aliphatic rings. The van der Waals surface area contributed by atoms with Crippen LogP contribution in [-0.2, 0) is 16.0 Å². The summed E-state index contributed by atoms with van der Waals surface area (Å²) >= 11 is 3.43. The number of carbonyl (C=O) groups excluding carboxylic acids is 1. The second-order valence-corrected chi connectivity index (χ2v) is 5.90. The smallest absolute Gasteiger partial charge is 0.143 e. The largest absolute Gasteiger partial charge is 0.374 e. The summed E-state index contributed by atoms with van der Waals surface area (Å²) in [4.78, 5) is 12.2. The SMILES string of the molecule is O=C(Cc1cccc(Br)c1)C1CC2CCC1O2. The van der Waals surface area contributed by atoms with Crippen molar-refractivity contribution in [3.63, 3.8) is 0 Å². The number of ketones is 1. The van der Waals surface area contributed by atoms with Crippen molar-refractivity contribution >= 4 is 21.7 Å². The van der Waals surface area contributed by atoms with Crippen LogP contribution in [0.1, 0.15) is 24.8 Å². The van der Waals surface area contributed by atoms with Gasteiger partial charge in [0, 0.05) is 16.8 Å². The Labute approximate surface area is 109 Å². The van der Waals surface area contributed by atoms with E-state index in [2.05, 4.69) is 15.9 Å². The maximum atomic E-state index is 12.2. The quantitative estimate of drug-likeness (QED) is 0.856. The van der Waals surface area contributed by atoms with E-state index in [1.165, 1.54) is 0 Å².